The monoisotopic (exact) mass is 306 g/mol. The highest BCUT2D eigenvalue weighted by Gasteiger charge is 2.27. The number of amides is 1. The minimum Gasteiger partial charge on any atom is -0.351 e. The fourth-order valence-electron chi connectivity index (χ4n) is 2.09. The van der Waals surface area contributed by atoms with Crippen molar-refractivity contribution in [2.75, 3.05) is 19.6 Å². The summed E-state index contributed by atoms with van der Waals surface area (Å²) in [6.45, 7) is 4.91. The highest BCUT2D eigenvalue weighted by molar-refractivity contribution is 7.20. The van der Waals surface area contributed by atoms with Gasteiger partial charge in [-0.3, -0.25) is 4.79 Å². The minimum absolute atomic E-state index is 0.136. The smallest absolute Gasteiger partial charge is 0.253 e. The van der Waals surface area contributed by atoms with Gasteiger partial charge in [0.25, 0.3) is 5.91 Å². The maximum Gasteiger partial charge on any atom is 0.253 e. The van der Waals surface area contributed by atoms with Crippen molar-refractivity contribution in [1.29, 1.82) is 0 Å². The van der Waals surface area contributed by atoms with E-state index in [0.29, 0.717) is 20.8 Å². The van der Waals surface area contributed by atoms with Gasteiger partial charge < -0.3 is 10.6 Å². The number of hydrogen-bond acceptors (Lipinski definition) is 3. The van der Waals surface area contributed by atoms with E-state index in [-0.39, 0.29) is 11.3 Å². The first-order valence-electron chi connectivity index (χ1n) is 5.94. The van der Waals surface area contributed by atoms with Crippen molar-refractivity contribution in [3.05, 3.63) is 20.3 Å². The molecule has 2 rings (SSSR count). The van der Waals surface area contributed by atoms with E-state index in [0.717, 1.165) is 25.9 Å². The lowest BCUT2D eigenvalue weighted by atomic mass is 9.81. The van der Waals surface area contributed by atoms with Crippen molar-refractivity contribution < 1.29 is 4.79 Å². The van der Waals surface area contributed by atoms with Crippen LogP contribution in [0, 0.1) is 5.41 Å². The molecule has 100 valence electrons. The van der Waals surface area contributed by atoms with Gasteiger partial charge in [-0.05, 0) is 37.4 Å². The quantitative estimate of drug-likeness (QED) is 0.900. The molecular weight excluding hydrogens is 291 g/mol. The predicted molar refractivity (Wildman–Crippen MR) is 76.9 cm³/mol. The Labute approximate surface area is 121 Å². The first-order chi connectivity index (χ1) is 8.50. The summed E-state index contributed by atoms with van der Waals surface area (Å²) < 4.78 is 0.992. The van der Waals surface area contributed by atoms with E-state index in [4.69, 9.17) is 23.2 Å². The average Bonchev–Trinajstić information content (AvgIpc) is 2.67. The Kier molecular flexibility index (Phi) is 4.54. The Morgan fingerprint density at radius 2 is 2.17 bits per heavy atom. The summed E-state index contributed by atoms with van der Waals surface area (Å²) in [4.78, 5) is 12.0. The summed E-state index contributed by atoms with van der Waals surface area (Å²) in [6, 6.07) is 1.62. The molecule has 1 fully saturated rings. The maximum atomic E-state index is 12.0. The number of rotatable bonds is 3. The van der Waals surface area contributed by atoms with Crippen LogP contribution in [0.25, 0.3) is 0 Å². The number of nitrogens with one attached hydrogen (secondary N) is 2. The molecule has 1 saturated heterocycles. The van der Waals surface area contributed by atoms with Crippen molar-refractivity contribution in [2.24, 2.45) is 5.41 Å². The molecule has 0 aromatic carbocycles. The van der Waals surface area contributed by atoms with Crippen LogP contribution in [0.15, 0.2) is 6.07 Å². The van der Waals surface area contributed by atoms with E-state index in [9.17, 15) is 4.79 Å². The zero-order chi connectivity index (χ0) is 13.2. The van der Waals surface area contributed by atoms with Gasteiger partial charge in [0.05, 0.1) is 9.90 Å². The second-order valence-electron chi connectivity index (χ2n) is 4.98. The van der Waals surface area contributed by atoms with Crippen molar-refractivity contribution in [1.82, 2.24) is 10.6 Å². The second kappa shape index (κ2) is 5.78. The molecule has 0 radical (unpaired) electrons. The number of hydrogen-bond donors (Lipinski definition) is 2. The third-order valence-electron chi connectivity index (χ3n) is 3.39. The van der Waals surface area contributed by atoms with Crippen LogP contribution < -0.4 is 10.6 Å². The van der Waals surface area contributed by atoms with Crippen LogP contribution in [0.3, 0.4) is 0 Å². The lowest BCUT2D eigenvalue weighted by Gasteiger charge is -2.34. The lowest BCUT2D eigenvalue weighted by molar-refractivity contribution is 0.0923. The van der Waals surface area contributed by atoms with Gasteiger partial charge in [-0.25, -0.2) is 0 Å². The van der Waals surface area contributed by atoms with Gasteiger partial charge in [-0.1, -0.05) is 30.1 Å². The molecule has 3 nitrogen and oxygen atoms in total. The first-order valence-corrected chi connectivity index (χ1v) is 7.51. The van der Waals surface area contributed by atoms with Crippen LogP contribution in [-0.4, -0.2) is 25.5 Å². The summed E-state index contributed by atoms with van der Waals surface area (Å²) in [5.74, 6) is -0.136. The summed E-state index contributed by atoms with van der Waals surface area (Å²) in [6.07, 6.45) is 2.15. The Bertz CT molecular complexity index is 441. The highest BCUT2D eigenvalue weighted by Crippen LogP contribution is 2.31. The number of thiophene rings is 1. The van der Waals surface area contributed by atoms with Gasteiger partial charge in [0, 0.05) is 6.54 Å². The number of halogens is 2. The number of carbonyl (C=O) groups is 1. The van der Waals surface area contributed by atoms with Gasteiger partial charge in [-0.15, -0.1) is 11.3 Å². The largest absolute Gasteiger partial charge is 0.351 e. The van der Waals surface area contributed by atoms with Crippen LogP contribution in [0.1, 0.15) is 30.1 Å². The van der Waals surface area contributed by atoms with E-state index < -0.39 is 0 Å². The maximum absolute atomic E-state index is 12.0. The van der Waals surface area contributed by atoms with Gasteiger partial charge in [0.2, 0.25) is 0 Å². The minimum atomic E-state index is -0.136. The fourth-order valence-corrected chi connectivity index (χ4v) is 3.55. The van der Waals surface area contributed by atoms with E-state index >= 15 is 0 Å². The van der Waals surface area contributed by atoms with Crippen molar-refractivity contribution in [3.63, 3.8) is 0 Å². The standard InChI is InChI=1S/C12H16Cl2N2OS/c1-12(2-4-15-5-3-12)7-16-11(17)8-6-9(13)18-10(8)14/h6,15H,2-5,7H2,1H3,(H,16,17). The molecule has 6 heteroatoms. The van der Waals surface area contributed by atoms with Crippen molar-refractivity contribution >= 4 is 40.4 Å². The van der Waals surface area contributed by atoms with E-state index in [1.165, 1.54) is 11.3 Å². The number of carbonyl (C=O) groups excluding carboxylic acids is 1. The molecule has 0 unspecified atom stereocenters. The molecule has 1 amide bonds. The van der Waals surface area contributed by atoms with Crippen LogP contribution in [-0.2, 0) is 0 Å². The molecule has 0 aliphatic carbocycles. The molecule has 0 saturated carbocycles. The zero-order valence-corrected chi connectivity index (χ0v) is 12.5. The van der Waals surface area contributed by atoms with E-state index in [1.807, 2.05) is 0 Å². The number of piperidine rings is 1. The predicted octanol–water partition coefficient (Wildman–Crippen LogP) is 3.17. The molecule has 18 heavy (non-hydrogen) atoms. The lowest BCUT2D eigenvalue weighted by Crippen LogP contribution is -2.42. The average molecular weight is 307 g/mol. The van der Waals surface area contributed by atoms with Gasteiger partial charge in [0.15, 0.2) is 0 Å². The Morgan fingerprint density at radius 1 is 1.50 bits per heavy atom. The summed E-state index contributed by atoms with van der Waals surface area (Å²) >= 11 is 13.0. The topological polar surface area (TPSA) is 41.1 Å². The van der Waals surface area contributed by atoms with Crippen molar-refractivity contribution in [3.8, 4) is 0 Å². The molecule has 2 heterocycles. The van der Waals surface area contributed by atoms with Gasteiger partial charge in [0.1, 0.15) is 4.34 Å². The summed E-state index contributed by atoms with van der Waals surface area (Å²) in [5, 5.41) is 6.28. The Hall–Kier alpha value is -0.290. The molecule has 1 aromatic heterocycles. The third-order valence-corrected chi connectivity index (χ3v) is 4.88. The molecular formula is C12H16Cl2N2OS. The molecule has 2 N–H and O–H groups in total. The van der Waals surface area contributed by atoms with Crippen LogP contribution in [0.5, 0.6) is 0 Å². The van der Waals surface area contributed by atoms with Gasteiger partial charge in [-0.2, -0.15) is 0 Å². The Balaban J connectivity index is 1.94. The Morgan fingerprint density at radius 3 is 2.72 bits per heavy atom. The van der Waals surface area contributed by atoms with Crippen molar-refractivity contribution in [2.45, 2.75) is 19.8 Å². The third kappa shape index (κ3) is 3.38. The normalized spacial score (nSPS) is 18.6. The molecule has 1 aromatic rings. The first kappa shape index (κ1) is 14.1. The highest BCUT2D eigenvalue weighted by atomic mass is 35.5. The molecule has 0 bridgehead atoms. The molecule has 1 aliphatic heterocycles. The van der Waals surface area contributed by atoms with Gasteiger partial charge >= 0.3 is 0 Å². The summed E-state index contributed by atoms with van der Waals surface area (Å²) in [7, 11) is 0. The van der Waals surface area contributed by atoms with Crippen LogP contribution >= 0.6 is 34.5 Å². The van der Waals surface area contributed by atoms with Crippen LogP contribution in [0.2, 0.25) is 8.67 Å². The summed E-state index contributed by atoms with van der Waals surface area (Å²) in [5.41, 5.74) is 0.650. The second-order valence-corrected chi connectivity index (χ2v) is 7.27. The fraction of sp³-hybridized carbons (Fsp3) is 0.583. The molecule has 0 spiro atoms. The zero-order valence-electron chi connectivity index (χ0n) is 10.2. The SMILES string of the molecule is CC1(CNC(=O)c2cc(Cl)sc2Cl)CCNCC1. The van der Waals surface area contributed by atoms with E-state index in [1.54, 1.807) is 6.07 Å². The molecule has 0 atom stereocenters. The van der Waals surface area contributed by atoms with E-state index in [2.05, 4.69) is 17.6 Å². The van der Waals surface area contributed by atoms with Crippen LogP contribution in [0.4, 0.5) is 0 Å². The molecule has 1 aliphatic rings.